The van der Waals surface area contributed by atoms with Crippen LogP contribution in [0, 0.1) is 0 Å². The molecule has 0 aliphatic carbocycles. The molecule has 9 heteroatoms. The van der Waals surface area contributed by atoms with Gasteiger partial charge in [0.1, 0.15) is 0 Å². The fraction of sp³-hybridized carbons (Fsp3) is 1.00. The van der Waals surface area contributed by atoms with Crippen LogP contribution < -0.4 is 0 Å². The van der Waals surface area contributed by atoms with E-state index in [1.165, 1.54) is 0 Å². The van der Waals surface area contributed by atoms with Gasteiger partial charge >= 0.3 is 8.80 Å². The quantitative estimate of drug-likeness (QED) is 0.383. The van der Waals surface area contributed by atoms with Crippen molar-refractivity contribution in [3.8, 4) is 0 Å². The third-order valence-corrected chi connectivity index (χ3v) is 14.6. The lowest BCUT2D eigenvalue weighted by Gasteiger charge is -2.43. The van der Waals surface area contributed by atoms with Crippen molar-refractivity contribution in [1.82, 2.24) is 0 Å². The van der Waals surface area contributed by atoms with Gasteiger partial charge in [-0.05, 0) is 65.3 Å². The second-order valence-corrected chi connectivity index (χ2v) is 26.2. The zero-order valence-electron chi connectivity index (χ0n) is 17.5. The highest BCUT2D eigenvalue weighted by molar-refractivity contribution is 6.90. The van der Waals surface area contributed by atoms with E-state index in [0.29, 0.717) is 19.3 Å². The number of hydrogen-bond acceptors (Lipinski definition) is 5. The highest BCUT2D eigenvalue weighted by atomic mass is 28.5. The molecule has 0 aromatic rings. The summed E-state index contributed by atoms with van der Waals surface area (Å²) in [6.45, 7) is 22.4. The third kappa shape index (κ3) is 12.9. The maximum atomic E-state index is 10.5. The molecule has 0 bridgehead atoms. The molecule has 1 N–H and O–H groups in total. The summed E-state index contributed by atoms with van der Waals surface area (Å²) in [6, 6.07) is 0.412. The molecule has 0 saturated heterocycles. The summed E-state index contributed by atoms with van der Waals surface area (Å²) in [5.74, 6) is 0. The Morgan fingerprint density at radius 2 is 1.12 bits per heavy atom. The Morgan fingerprint density at radius 3 is 1.42 bits per heavy atom. The van der Waals surface area contributed by atoms with Gasteiger partial charge in [-0.1, -0.05) is 6.92 Å². The van der Waals surface area contributed by atoms with Crippen molar-refractivity contribution in [2.75, 3.05) is 13.2 Å². The summed E-state index contributed by atoms with van der Waals surface area (Å²) in [6.07, 6.45) is 0.324. The molecule has 0 amide bonds. The molecule has 0 spiro atoms. The zero-order chi connectivity index (χ0) is 19.2. The number of hydrogen-bond donors (Lipinski definition) is 1. The first-order valence-corrected chi connectivity index (χ1v) is 21.1. The predicted octanol–water partition coefficient (Wildman–Crippen LogP) is 4.27. The fourth-order valence-electron chi connectivity index (χ4n) is 2.30. The molecule has 5 nitrogen and oxygen atoms in total. The first kappa shape index (κ1) is 24.7. The largest absolute Gasteiger partial charge is 0.472 e. The second-order valence-electron chi connectivity index (χ2n) is 9.26. The van der Waals surface area contributed by atoms with Crippen LogP contribution in [0.3, 0.4) is 0 Å². The maximum absolute atomic E-state index is 10.5. The van der Waals surface area contributed by atoms with Crippen LogP contribution in [-0.4, -0.2) is 58.2 Å². The smallest absolute Gasteiger partial charge is 0.417 e. The monoisotopic (exact) mass is 412 g/mol. The van der Waals surface area contributed by atoms with Gasteiger partial charge in [-0.2, -0.15) is 0 Å². The molecule has 0 radical (unpaired) electrons. The molecular weight excluding hydrogens is 373 g/mol. The minimum Gasteiger partial charge on any atom is -0.417 e. The Hall–Kier alpha value is 0.668. The third-order valence-electron chi connectivity index (χ3n) is 2.53. The van der Waals surface area contributed by atoms with Crippen molar-refractivity contribution < 1.29 is 22.2 Å². The fourth-order valence-corrected chi connectivity index (χ4v) is 16.8. The molecule has 0 fully saturated rings. The molecule has 0 aromatic carbocycles. The minimum atomic E-state index is -2.97. The summed E-state index contributed by atoms with van der Waals surface area (Å²) >= 11 is 0. The predicted molar refractivity (Wildman–Crippen MR) is 111 cm³/mol. The second kappa shape index (κ2) is 9.56. The molecule has 1 atom stereocenters. The van der Waals surface area contributed by atoms with E-state index in [2.05, 4.69) is 65.8 Å². The lowest BCUT2D eigenvalue weighted by Crippen LogP contribution is -2.61. The summed E-state index contributed by atoms with van der Waals surface area (Å²) in [4.78, 5) is 0. The van der Waals surface area contributed by atoms with Gasteiger partial charge in [-0.15, -0.1) is 0 Å². The Labute approximate surface area is 153 Å². The van der Waals surface area contributed by atoms with Gasteiger partial charge in [0.2, 0.25) is 0 Å². The standard InChI is InChI=1S/C15H40O5Si4/c1-11-12-17-13-15(16)14-24(18-21(2,3)4,19-22(5,6)7)20-23(8,9)10/h15-16H,11-14H2,1-10H3. The molecule has 24 heavy (non-hydrogen) atoms. The van der Waals surface area contributed by atoms with Crippen molar-refractivity contribution in [2.45, 2.75) is 84.4 Å². The van der Waals surface area contributed by atoms with Crippen LogP contribution >= 0.6 is 0 Å². The minimum absolute atomic E-state index is 0.307. The van der Waals surface area contributed by atoms with Crippen LogP contribution in [0.5, 0.6) is 0 Å². The van der Waals surface area contributed by atoms with Crippen LogP contribution in [-0.2, 0) is 17.1 Å². The van der Waals surface area contributed by atoms with Crippen molar-refractivity contribution >= 4 is 33.8 Å². The van der Waals surface area contributed by atoms with Gasteiger partial charge in [-0.25, -0.2) is 0 Å². The van der Waals surface area contributed by atoms with Crippen molar-refractivity contribution in [3.63, 3.8) is 0 Å². The van der Waals surface area contributed by atoms with E-state index in [9.17, 15) is 5.11 Å². The molecule has 0 aromatic heterocycles. The molecule has 0 aliphatic rings. The van der Waals surface area contributed by atoms with Gasteiger partial charge in [0.25, 0.3) is 0 Å². The summed E-state index contributed by atoms with van der Waals surface area (Å²) < 4.78 is 25.1. The Balaban J connectivity index is 5.45. The first-order valence-electron chi connectivity index (χ1n) is 8.94. The van der Waals surface area contributed by atoms with E-state index in [1.54, 1.807) is 0 Å². The van der Waals surface area contributed by atoms with Gasteiger partial charge in [-0.3, -0.25) is 0 Å². The summed E-state index contributed by atoms with van der Waals surface area (Å²) in [5.41, 5.74) is 0. The number of aliphatic hydroxyl groups excluding tert-OH is 1. The highest BCUT2D eigenvalue weighted by Gasteiger charge is 2.51. The molecule has 0 aliphatic heterocycles. The van der Waals surface area contributed by atoms with Crippen molar-refractivity contribution in [1.29, 1.82) is 0 Å². The van der Waals surface area contributed by atoms with E-state index >= 15 is 0 Å². The van der Waals surface area contributed by atoms with Crippen molar-refractivity contribution in [3.05, 3.63) is 0 Å². The van der Waals surface area contributed by atoms with Crippen LogP contribution in [0.25, 0.3) is 0 Å². The molecule has 0 rings (SSSR count). The van der Waals surface area contributed by atoms with Crippen LogP contribution in [0.4, 0.5) is 0 Å². The van der Waals surface area contributed by atoms with Gasteiger partial charge in [0.05, 0.1) is 12.7 Å². The lowest BCUT2D eigenvalue weighted by atomic mass is 10.4. The van der Waals surface area contributed by atoms with E-state index in [4.69, 9.17) is 17.1 Å². The van der Waals surface area contributed by atoms with Crippen molar-refractivity contribution in [2.24, 2.45) is 0 Å². The van der Waals surface area contributed by atoms with E-state index in [-0.39, 0.29) is 0 Å². The van der Waals surface area contributed by atoms with Crippen LogP contribution in [0.2, 0.25) is 65.0 Å². The Kier molecular flexibility index (Phi) is 9.82. The molecule has 1 unspecified atom stereocenters. The SMILES string of the molecule is CCCOCC(O)C[Si](O[Si](C)(C)C)(O[Si](C)(C)C)O[Si](C)(C)C. The average molecular weight is 413 g/mol. The van der Waals surface area contributed by atoms with Gasteiger partial charge in [0, 0.05) is 12.7 Å². The van der Waals surface area contributed by atoms with Gasteiger partial charge in [0.15, 0.2) is 25.0 Å². The molecule has 0 heterocycles. The Morgan fingerprint density at radius 1 is 0.750 bits per heavy atom. The number of ether oxygens (including phenoxy) is 1. The van der Waals surface area contributed by atoms with Gasteiger partial charge < -0.3 is 22.2 Å². The van der Waals surface area contributed by atoms with E-state index in [1.807, 2.05) is 0 Å². The maximum Gasteiger partial charge on any atom is 0.472 e. The van der Waals surface area contributed by atoms with E-state index < -0.39 is 39.9 Å². The zero-order valence-corrected chi connectivity index (χ0v) is 21.5. The highest BCUT2D eigenvalue weighted by Crippen LogP contribution is 2.30. The summed E-state index contributed by atoms with van der Waals surface area (Å²) in [7, 11) is -8.65. The average Bonchev–Trinajstić information content (AvgIpc) is 2.20. The first-order chi connectivity index (χ1) is 10.6. The number of aliphatic hydroxyl groups is 1. The van der Waals surface area contributed by atoms with Crippen LogP contribution in [0.1, 0.15) is 13.3 Å². The summed E-state index contributed by atoms with van der Waals surface area (Å²) in [5, 5.41) is 10.5. The van der Waals surface area contributed by atoms with Crippen LogP contribution in [0.15, 0.2) is 0 Å². The number of rotatable bonds is 12. The topological polar surface area (TPSA) is 57.2 Å². The molecule has 0 saturated carbocycles. The normalized spacial score (nSPS) is 15.6. The van der Waals surface area contributed by atoms with E-state index in [0.717, 1.165) is 6.42 Å². The Bertz CT molecular complexity index is 320. The lowest BCUT2D eigenvalue weighted by molar-refractivity contribution is 0.0393. The molecular formula is C15H40O5Si4. The molecule has 146 valence electrons.